The van der Waals surface area contributed by atoms with Gasteiger partial charge in [0.05, 0.1) is 35.9 Å². The van der Waals surface area contributed by atoms with E-state index < -0.39 is 83.2 Å². The van der Waals surface area contributed by atoms with Gasteiger partial charge in [-0.05, 0) is 18.9 Å². The predicted molar refractivity (Wildman–Crippen MR) is 142 cm³/mol. The van der Waals surface area contributed by atoms with Gasteiger partial charge in [-0.3, -0.25) is 24.0 Å². The molecule has 2 saturated heterocycles. The highest BCUT2D eigenvalue weighted by Crippen LogP contribution is 2.29. The average molecular weight is 586 g/mol. The maximum atomic E-state index is 13.5. The molecule has 2 fully saturated rings. The molecule has 1 aromatic rings. The summed E-state index contributed by atoms with van der Waals surface area (Å²) in [6.45, 7) is 2.05. The minimum atomic E-state index is -1.45. The monoisotopic (exact) mass is 585 g/mol. The van der Waals surface area contributed by atoms with Crippen LogP contribution in [0.15, 0.2) is 30.3 Å². The fourth-order valence-corrected chi connectivity index (χ4v) is 5.17. The Morgan fingerprint density at radius 3 is 2.15 bits per heavy atom. The molecule has 214 valence electrons. The second kappa shape index (κ2) is 13.4. The number of benzene rings is 1. The fourth-order valence-electron chi connectivity index (χ4n) is 4.56. The molecule has 2 aliphatic heterocycles. The van der Waals surface area contributed by atoms with Gasteiger partial charge in [0.15, 0.2) is 0 Å². The van der Waals surface area contributed by atoms with E-state index in [-0.39, 0.29) is 19.4 Å². The van der Waals surface area contributed by atoms with Crippen LogP contribution in [0.2, 0.25) is 0 Å². The van der Waals surface area contributed by atoms with E-state index in [1.54, 1.807) is 37.3 Å². The molecule has 8 atom stereocenters. The summed E-state index contributed by atoms with van der Waals surface area (Å²) >= 11 is 12.7. The SMILES string of the molecule is CC[C@@H]1NC(=O)[C@@H]2[C@H](Cl)[C@H](Cl)CN2C(=O)[C@H](C(C)O)NC(=O)C[C@H](c2ccccc2)NC(=O)[C@H](CO)NC1=O. The van der Waals surface area contributed by atoms with Crippen molar-refractivity contribution in [2.45, 2.75) is 73.8 Å². The third-order valence-electron chi connectivity index (χ3n) is 6.74. The quantitative estimate of drug-likeness (QED) is 0.243. The Hall–Kier alpha value is -2.93. The smallest absolute Gasteiger partial charge is 0.248 e. The lowest BCUT2D eigenvalue weighted by atomic mass is 10.0. The summed E-state index contributed by atoms with van der Waals surface area (Å²) in [7, 11) is 0. The van der Waals surface area contributed by atoms with Crippen LogP contribution in [0.3, 0.4) is 0 Å². The third-order valence-corrected chi connectivity index (χ3v) is 7.82. The van der Waals surface area contributed by atoms with Crippen molar-refractivity contribution in [3.63, 3.8) is 0 Å². The van der Waals surface area contributed by atoms with Gasteiger partial charge in [0.1, 0.15) is 24.2 Å². The number of amides is 5. The first kappa shape index (κ1) is 30.6. The van der Waals surface area contributed by atoms with Crippen LogP contribution in [-0.4, -0.2) is 98.8 Å². The maximum Gasteiger partial charge on any atom is 0.248 e. The van der Waals surface area contributed by atoms with E-state index in [4.69, 9.17) is 23.2 Å². The molecule has 0 aromatic heterocycles. The number of nitrogens with one attached hydrogen (secondary N) is 4. The Kier molecular flexibility index (Phi) is 10.5. The molecule has 0 bridgehead atoms. The summed E-state index contributed by atoms with van der Waals surface area (Å²) in [6.07, 6.45) is -1.57. The zero-order valence-electron chi connectivity index (χ0n) is 21.5. The minimum Gasteiger partial charge on any atom is -0.394 e. The standard InChI is InChI=1S/C25H33Cl2N5O7/c1-3-15-22(36)30-17(11-33)23(37)29-16(13-7-5-4-6-8-13)9-18(35)31-20(12(2)34)25(39)32-10-14(26)19(27)21(32)24(38)28-15/h4-8,12,14-17,19-21,33-34H,3,9-11H2,1-2H3,(H,28,38)(H,29,37)(H,30,36)(H,31,35)/t12?,14-,15+,16-,17+,19-,20+,21+/m1/s1. The Bertz CT molecular complexity index is 1080. The molecule has 14 heteroatoms. The highest BCUT2D eigenvalue weighted by Gasteiger charge is 2.49. The van der Waals surface area contributed by atoms with Gasteiger partial charge in [0, 0.05) is 6.54 Å². The summed E-state index contributed by atoms with van der Waals surface area (Å²) in [6, 6.07) is 2.37. The van der Waals surface area contributed by atoms with Crippen molar-refractivity contribution in [3.8, 4) is 0 Å². The van der Waals surface area contributed by atoms with Gasteiger partial charge in [0.2, 0.25) is 29.5 Å². The van der Waals surface area contributed by atoms with Gasteiger partial charge in [-0.15, -0.1) is 23.2 Å². The molecule has 1 aromatic carbocycles. The van der Waals surface area contributed by atoms with E-state index >= 15 is 0 Å². The van der Waals surface area contributed by atoms with Crippen molar-refractivity contribution in [2.75, 3.05) is 13.2 Å². The number of carbonyl (C=O) groups is 5. The number of aliphatic hydroxyl groups is 2. The number of rotatable bonds is 4. The number of hydrogen-bond acceptors (Lipinski definition) is 7. The van der Waals surface area contributed by atoms with E-state index in [0.29, 0.717) is 5.56 Å². The van der Waals surface area contributed by atoms with Crippen molar-refractivity contribution in [1.82, 2.24) is 26.2 Å². The summed E-state index contributed by atoms with van der Waals surface area (Å²) in [5, 5.41) is 28.5. The highest BCUT2D eigenvalue weighted by atomic mass is 35.5. The van der Waals surface area contributed by atoms with Crippen molar-refractivity contribution in [3.05, 3.63) is 35.9 Å². The van der Waals surface area contributed by atoms with Crippen LogP contribution in [0.4, 0.5) is 0 Å². The molecular formula is C25H33Cl2N5O7. The molecule has 0 aliphatic carbocycles. The molecule has 5 amide bonds. The van der Waals surface area contributed by atoms with Crippen molar-refractivity contribution < 1.29 is 34.2 Å². The number of halogens is 2. The number of carbonyl (C=O) groups excluding carboxylic acids is 5. The Balaban J connectivity index is 2.03. The second-order valence-corrected chi connectivity index (χ2v) is 10.6. The van der Waals surface area contributed by atoms with Crippen LogP contribution >= 0.6 is 23.2 Å². The molecule has 12 nitrogen and oxygen atoms in total. The van der Waals surface area contributed by atoms with Gasteiger partial charge in [-0.1, -0.05) is 37.3 Å². The summed E-state index contributed by atoms with van der Waals surface area (Å²) in [4.78, 5) is 67.0. The number of aliphatic hydroxyl groups excluding tert-OH is 2. The molecule has 0 radical (unpaired) electrons. The zero-order chi connectivity index (χ0) is 28.9. The summed E-state index contributed by atoms with van der Waals surface area (Å²) < 4.78 is 0. The van der Waals surface area contributed by atoms with Crippen LogP contribution in [0, 0.1) is 0 Å². The van der Waals surface area contributed by atoms with Gasteiger partial charge in [0.25, 0.3) is 0 Å². The van der Waals surface area contributed by atoms with Gasteiger partial charge >= 0.3 is 0 Å². The van der Waals surface area contributed by atoms with E-state index in [1.165, 1.54) is 6.92 Å². The second-order valence-electron chi connectivity index (χ2n) is 9.57. The molecule has 2 aliphatic rings. The molecule has 39 heavy (non-hydrogen) atoms. The minimum absolute atomic E-state index is 0.119. The van der Waals surface area contributed by atoms with E-state index in [0.717, 1.165) is 4.90 Å². The van der Waals surface area contributed by atoms with Gasteiger partial charge in [-0.25, -0.2) is 0 Å². The maximum absolute atomic E-state index is 13.5. The first-order chi connectivity index (χ1) is 18.5. The normalized spacial score (nSPS) is 32.0. The molecule has 0 saturated carbocycles. The van der Waals surface area contributed by atoms with E-state index in [1.807, 2.05) is 0 Å². The van der Waals surface area contributed by atoms with Crippen LogP contribution in [-0.2, 0) is 24.0 Å². The predicted octanol–water partition coefficient (Wildman–Crippen LogP) is -1.09. The zero-order valence-corrected chi connectivity index (χ0v) is 23.0. The summed E-state index contributed by atoms with van der Waals surface area (Å²) in [5.41, 5.74) is 0.554. The van der Waals surface area contributed by atoms with Crippen LogP contribution in [0.5, 0.6) is 0 Å². The average Bonchev–Trinajstić information content (AvgIpc) is 3.21. The Labute approximate surface area is 235 Å². The first-order valence-electron chi connectivity index (χ1n) is 12.6. The molecule has 3 rings (SSSR count). The van der Waals surface area contributed by atoms with Crippen molar-refractivity contribution in [2.24, 2.45) is 0 Å². The van der Waals surface area contributed by atoms with Crippen LogP contribution in [0.25, 0.3) is 0 Å². The number of nitrogens with zero attached hydrogens (tertiary/aromatic N) is 1. The topological polar surface area (TPSA) is 177 Å². The third kappa shape index (κ3) is 7.18. The largest absolute Gasteiger partial charge is 0.394 e. The lowest BCUT2D eigenvalue weighted by Gasteiger charge is -2.32. The van der Waals surface area contributed by atoms with Crippen molar-refractivity contribution in [1.29, 1.82) is 0 Å². The molecule has 2 heterocycles. The van der Waals surface area contributed by atoms with Crippen LogP contribution in [0.1, 0.15) is 38.3 Å². The van der Waals surface area contributed by atoms with E-state index in [2.05, 4.69) is 21.3 Å². The van der Waals surface area contributed by atoms with E-state index in [9.17, 15) is 34.2 Å². The van der Waals surface area contributed by atoms with Gasteiger partial charge < -0.3 is 36.4 Å². The lowest BCUT2D eigenvalue weighted by Crippen LogP contribution is -2.61. The molecular weight excluding hydrogens is 553 g/mol. The fraction of sp³-hybridized carbons (Fsp3) is 0.560. The number of alkyl halides is 2. The molecule has 0 spiro atoms. The first-order valence-corrected chi connectivity index (χ1v) is 13.5. The Morgan fingerprint density at radius 1 is 0.949 bits per heavy atom. The van der Waals surface area contributed by atoms with Crippen LogP contribution < -0.4 is 21.3 Å². The van der Waals surface area contributed by atoms with Gasteiger partial charge in [-0.2, -0.15) is 0 Å². The molecule has 1 unspecified atom stereocenters. The number of fused-ring (bicyclic) bond motifs is 1. The summed E-state index contributed by atoms with van der Waals surface area (Å²) in [5.74, 6) is -3.75. The lowest BCUT2D eigenvalue weighted by molar-refractivity contribution is -0.144. The highest BCUT2D eigenvalue weighted by molar-refractivity contribution is 6.32. The van der Waals surface area contributed by atoms with Crippen molar-refractivity contribution >= 4 is 52.7 Å². The number of hydrogen-bond donors (Lipinski definition) is 6. The molecule has 6 N–H and O–H groups in total. The Morgan fingerprint density at radius 2 is 1.56 bits per heavy atom.